The molecule has 0 spiro atoms. The van der Waals surface area contributed by atoms with Crippen molar-refractivity contribution in [1.82, 2.24) is 4.90 Å². The van der Waals surface area contributed by atoms with Gasteiger partial charge in [-0.25, -0.2) is 8.42 Å². The van der Waals surface area contributed by atoms with Crippen molar-refractivity contribution in [2.24, 2.45) is 0 Å². The fourth-order valence-corrected chi connectivity index (χ4v) is 4.87. The molecule has 3 aromatic carbocycles. The van der Waals surface area contributed by atoms with Crippen LogP contribution in [-0.4, -0.2) is 38.9 Å². The summed E-state index contributed by atoms with van der Waals surface area (Å²) in [5, 5.41) is 1.04. The largest absolute Gasteiger partial charge is 0.370 e. The molecular formula is C23H20Cl2N2O4S. The number of amides is 1. The number of nitrogens with one attached hydrogen (secondary N) is 1. The smallest absolute Gasteiger partial charge is 0.261 e. The second-order valence-corrected chi connectivity index (χ2v) is 9.86. The molecule has 0 saturated carbocycles. The minimum atomic E-state index is -3.89. The molecule has 1 amide bonds. The number of morpholine rings is 1. The van der Waals surface area contributed by atoms with Gasteiger partial charge in [-0.1, -0.05) is 47.5 Å². The fraction of sp³-hybridized carbons (Fsp3) is 0.174. The highest BCUT2D eigenvalue weighted by Crippen LogP contribution is 2.25. The molecule has 1 unspecified atom stereocenters. The van der Waals surface area contributed by atoms with Crippen molar-refractivity contribution in [1.29, 1.82) is 0 Å². The zero-order valence-corrected chi connectivity index (χ0v) is 19.2. The highest BCUT2D eigenvalue weighted by molar-refractivity contribution is 7.92. The summed E-state index contributed by atoms with van der Waals surface area (Å²) < 4.78 is 33.9. The number of halogens is 2. The molecule has 0 aliphatic carbocycles. The molecule has 0 bridgehead atoms. The van der Waals surface area contributed by atoms with Gasteiger partial charge in [-0.05, 0) is 54.1 Å². The molecule has 9 heteroatoms. The summed E-state index contributed by atoms with van der Waals surface area (Å²) in [4.78, 5) is 14.8. The summed E-state index contributed by atoms with van der Waals surface area (Å²) in [6, 6.07) is 19.7. The molecule has 32 heavy (non-hydrogen) atoms. The van der Waals surface area contributed by atoms with Gasteiger partial charge in [0.25, 0.3) is 15.9 Å². The Labute approximate surface area is 196 Å². The zero-order valence-electron chi connectivity index (χ0n) is 16.9. The lowest BCUT2D eigenvalue weighted by Crippen LogP contribution is -2.42. The first-order valence-electron chi connectivity index (χ1n) is 9.87. The lowest BCUT2D eigenvalue weighted by atomic mass is 10.1. The average molecular weight is 491 g/mol. The molecule has 166 valence electrons. The maximum Gasteiger partial charge on any atom is 0.261 e. The van der Waals surface area contributed by atoms with Gasteiger partial charge in [-0.15, -0.1) is 0 Å². The molecule has 1 heterocycles. The van der Waals surface area contributed by atoms with E-state index >= 15 is 0 Å². The standard InChI is InChI=1S/C23H20Cl2N2O4S/c24-18-9-7-16(8-10-18)22-15-27(11-12-31-22)23(28)17-3-1-6-21(13-17)32(29,30)26-20-5-2-4-19(25)14-20/h1-10,13-14,22,26H,11-12,15H2. The molecule has 4 rings (SSSR count). The Hall–Kier alpha value is -2.58. The quantitative estimate of drug-likeness (QED) is 0.545. The van der Waals surface area contributed by atoms with Gasteiger partial charge >= 0.3 is 0 Å². The van der Waals surface area contributed by atoms with Crippen LogP contribution in [-0.2, 0) is 14.8 Å². The molecular weight excluding hydrogens is 471 g/mol. The molecule has 6 nitrogen and oxygen atoms in total. The van der Waals surface area contributed by atoms with Gasteiger partial charge in [-0.2, -0.15) is 0 Å². The second kappa shape index (κ2) is 9.50. The van der Waals surface area contributed by atoms with E-state index in [1.165, 1.54) is 18.2 Å². The van der Waals surface area contributed by atoms with Gasteiger partial charge in [-0.3, -0.25) is 9.52 Å². The van der Waals surface area contributed by atoms with Crippen LogP contribution in [0.4, 0.5) is 5.69 Å². The predicted molar refractivity (Wildman–Crippen MR) is 125 cm³/mol. The fourth-order valence-electron chi connectivity index (χ4n) is 3.46. The van der Waals surface area contributed by atoms with E-state index in [1.54, 1.807) is 47.4 Å². The topological polar surface area (TPSA) is 75.7 Å². The van der Waals surface area contributed by atoms with Crippen LogP contribution in [0.2, 0.25) is 10.0 Å². The Morgan fingerprint density at radius 1 is 0.969 bits per heavy atom. The van der Waals surface area contributed by atoms with Crippen molar-refractivity contribution in [2.75, 3.05) is 24.4 Å². The first-order chi connectivity index (χ1) is 15.3. The summed E-state index contributed by atoms with van der Waals surface area (Å²) in [6.07, 6.45) is -0.277. The molecule has 0 aromatic heterocycles. The highest BCUT2D eigenvalue weighted by Gasteiger charge is 2.27. The third-order valence-corrected chi connectivity index (χ3v) is 6.93. The van der Waals surface area contributed by atoms with Crippen LogP contribution in [0.15, 0.2) is 77.7 Å². The maximum atomic E-state index is 13.1. The summed E-state index contributed by atoms with van der Waals surface area (Å²) in [6.45, 7) is 1.16. The molecule has 1 fully saturated rings. The van der Waals surface area contributed by atoms with E-state index in [4.69, 9.17) is 27.9 Å². The number of hydrogen-bond acceptors (Lipinski definition) is 4. The lowest BCUT2D eigenvalue weighted by Gasteiger charge is -2.33. The molecule has 1 saturated heterocycles. The van der Waals surface area contributed by atoms with Crippen LogP contribution in [0.25, 0.3) is 0 Å². The number of nitrogens with zero attached hydrogens (tertiary/aromatic N) is 1. The van der Waals surface area contributed by atoms with E-state index in [1.807, 2.05) is 12.1 Å². The summed E-state index contributed by atoms with van der Waals surface area (Å²) >= 11 is 11.9. The maximum absolute atomic E-state index is 13.1. The van der Waals surface area contributed by atoms with Crippen molar-refractivity contribution in [3.05, 3.63) is 94.0 Å². The Bertz CT molecular complexity index is 1230. The number of carbonyl (C=O) groups is 1. The Morgan fingerprint density at radius 3 is 2.47 bits per heavy atom. The third-order valence-electron chi connectivity index (χ3n) is 5.06. The molecule has 3 aromatic rings. The zero-order chi connectivity index (χ0) is 22.7. The number of ether oxygens (including phenoxy) is 1. The Morgan fingerprint density at radius 2 is 1.72 bits per heavy atom. The molecule has 0 radical (unpaired) electrons. The van der Waals surface area contributed by atoms with Gasteiger partial charge < -0.3 is 9.64 Å². The third kappa shape index (κ3) is 5.24. The summed E-state index contributed by atoms with van der Waals surface area (Å²) in [7, 11) is -3.89. The molecule has 1 atom stereocenters. The number of sulfonamides is 1. The molecule has 1 aliphatic rings. The van der Waals surface area contributed by atoms with Gasteiger partial charge in [0.15, 0.2) is 0 Å². The van der Waals surface area contributed by atoms with Crippen LogP contribution in [0.3, 0.4) is 0 Å². The van der Waals surface area contributed by atoms with Crippen molar-refractivity contribution in [3.63, 3.8) is 0 Å². The van der Waals surface area contributed by atoms with Crippen LogP contribution in [0.5, 0.6) is 0 Å². The van der Waals surface area contributed by atoms with Gasteiger partial charge in [0, 0.05) is 22.2 Å². The Balaban J connectivity index is 1.52. The number of benzene rings is 3. The average Bonchev–Trinajstić information content (AvgIpc) is 2.79. The van der Waals surface area contributed by atoms with Crippen LogP contribution in [0.1, 0.15) is 22.0 Å². The van der Waals surface area contributed by atoms with Crippen molar-refractivity contribution in [3.8, 4) is 0 Å². The van der Waals surface area contributed by atoms with E-state index in [-0.39, 0.29) is 22.5 Å². The normalized spacial score (nSPS) is 16.6. The minimum absolute atomic E-state index is 0.00849. The van der Waals surface area contributed by atoms with Crippen molar-refractivity contribution in [2.45, 2.75) is 11.0 Å². The lowest BCUT2D eigenvalue weighted by molar-refractivity contribution is -0.0228. The van der Waals surface area contributed by atoms with E-state index in [0.29, 0.717) is 35.4 Å². The number of rotatable bonds is 5. The van der Waals surface area contributed by atoms with E-state index in [0.717, 1.165) is 5.56 Å². The van der Waals surface area contributed by atoms with Crippen molar-refractivity contribution >= 4 is 44.8 Å². The minimum Gasteiger partial charge on any atom is -0.370 e. The number of carbonyl (C=O) groups excluding carboxylic acids is 1. The summed E-state index contributed by atoms with van der Waals surface area (Å²) in [5.41, 5.74) is 1.55. The number of hydrogen-bond donors (Lipinski definition) is 1. The predicted octanol–water partition coefficient (Wildman–Crippen LogP) is 5.01. The Kier molecular flexibility index (Phi) is 6.71. The van der Waals surface area contributed by atoms with E-state index in [2.05, 4.69) is 4.72 Å². The van der Waals surface area contributed by atoms with Gasteiger partial charge in [0.2, 0.25) is 0 Å². The molecule has 1 N–H and O–H groups in total. The monoisotopic (exact) mass is 490 g/mol. The SMILES string of the molecule is O=C(c1cccc(S(=O)(=O)Nc2cccc(Cl)c2)c1)N1CCOC(c2ccc(Cl)cc2)C1. The summed E-state index contributed by atoms with van der Waals surface area (Å²) in [5.74, 6) is -0.257. The van der Waals surface area contributed by atoms with Gasteiger partial charge in [0.05, 0.1) is 23.7 Å². The van der Waals surface area contributed by atoms with Crippen LogP contribution >= 0.6 is 23.2 Å². The number of anilines is 1. The second-order valence-electron chi connectivity index (χ2n) is 7.31. The molecule has 1 aliphatic heterocycles. The first kappa shape index (κ1) is 22.6. The van der Waals surface area contributed by atoms with Gasteiger partial charge in [0.1, 0.15) is 6.10 Å². The van der Waals surface area contributed by atoms with Crippen LogP contribution < -0.4 is 4.72 Å². The first-order valence-corrected chi connectivity index (χ1v) is 12.1. The highest BCUT2D eigenvalue weighted by atomic mass is 35.5. The van der Waals surface area contributed by atoms with E-state index in [9.17, 15) is 13.2 Å². The van der Waals surface area contributed by atoms with Crippen LogP contribution in [0, 0.1) is 0 Å². The van der Waals surface area contributed by atoms with Crippen molar-refractivity contribution < 1.29 is 17.9 Å². The van der Waals surface area contributed by atoms with E-state index < -0.39 is 10.0 Å².